The fourth-order valence-corrected chi connectivity index (χ4v) is 3.45. The van der Waals surface area contributed by atoms with Crippen molar-refractivity contribution in [2.75, 3.05) is 39.3 Å². The predicted octanol–water partition coefficient (Wildman–Crippen LogP) is 2.23. The van der Waals surface area contributed by atoms with Crippen molar-refractivity contribution in [1.82, 2.24) is 20.1 Å². The van der Waals surface area contributed by atoms with Crippen LogP contribution in [0, 0.1) is 0 Å². The molecule has 3 rings (SSSR count). The maximum Gasteiger partial charge on any atom is 0.219 e. The number of nitrogens with zero attached hydrogens (tertiary/aromatic N) is 3. The predicted molar refractivity (Wildman–Crippen MR) is 106 cm³/mol. The van der Waals surface area contributed by atoms with Crippen molar-refractivity contribution in [2.24, 2.45) is 4.99 Å². The number of fused-ring (bicyclic) bond motifs is 1. The van der Waals surface area contributed by atoms with Gasteiger partial charge in [-0.05, 0) is 31.4 Å². The van der Waals surface area contributed by atoms with Crippen molar-refractivity contribution >= 4 is 22.8 Å². The maximum atomic E-state index is 11.5. The minimum absolute atomic E-state index is 0.158. The van der Waals surface area contributed by atoms with Gasteiger partial charge in [0, 0.05) is 63.3 Å². The number of amides is 1. The smallest absolute Gasteiger partial charge is 0.219 e. The third-order valence-corrected chi connectivity index (χ3v) is 4.90. The summed E-state index contributed by atoms with van der Waals surface area (Å²) in [5.41, 5.74) is 2.55. The largest absolute Gasteiger partial charge is 0.361 e. The molecule has 6 heteroatoms. The zero-order chi connectivity index (χ0) is 18.4. The second kappa shape index (κ2) is 8.74. The van der Waals surface area contributed by atoms with Crippen LogP contribution in [0.4, 0.5) is 0 Å². The Morgan fingerprint density at radius 1 is 1.19 bits per heavy atom. The molecule has 1 saturated heterocycles. The van der Waals surface area contributed by atoms with E-state index < -0.39 is 0 Å². The lowest BCUT2D eigenvalue weighted by atomic mass is 10.1. The number of carbonyl (C=O) groups is 1. The molecule has 26 heavy (non-hydrogen) atoms. The van der Waals surface area contributed by atoms with Gasteiger partial charge in [0.05, 0.1) is 0 Å². The number of piperazine rings is 1. The molecule has 1 aromatic heterocycles. The van der Waals surface area contributed by atoms with Crippen molar-refractivity contribution in [2.45, 2.75) is 26.7 Å². The van der Waals surface area contributed by atoms with Crippen LogP contribution in [0.5, 0.6) is 0 Å². The second-order valence-corrected chi connectivity index (χ2v) is 6.69. The lowest BCUT2D eigenvalue weighted by molar-refractivity contribution is -0.130. The van der Waals surface area contributed by atoms with Gasteiger partial charge in [-0.1, -0.05) is 18.2 Å². The first kappa shape index (κ1) is 18.3. The highest BCUT2D eigenvalue weighted by atomic mass is 16.2. The fourth-order valence-electron chi connectivity index (χ4n) is 3.45. The summed E-state index contributed by atoms with van der Waals surface area (Å²) in [6, 6.07) is 8.42. The quantitative estimate of drug-likeness (QED) is 0.491. The molecular formula is C20H29N5O. The van der Waals surface area contributed by atoms with E-state index in [2.05, 4.69) is 52.6 Å². The topological polar surface area (TPSA) is 63.7 Å². The molecule has 1 aliphatic rings. The van der Waals surface area contributed by atoms with Crippen molar-refractivity contribution in [3.63, 3.8) is 0 Å². The summed E-state index contributed by atoms with van der Waals surface area (Å²) < 4.78 is 0. The highest BCUT2D eigenvalue weighted by Gasteiger charge is 2.20. The van der Waals surface area contributed by atoms with Crippen LogP contribution in [0.1, 0.15) is 25.8 Å². The van der Waals surface area contributed by atoms with Gasteiger partial charge in [0.25, 0.3) is 0 Å². The number of hydrogen-bond acceptors (Lipinski definition) is 2. The number of aromatic amines is 1. The highest BCUT2D eigenvalue weighted by molar-refractivity contribution is 5.83. The van der Waals surface area contributed by atoms with E-state index in [4.69, 9.17) is 4.99 Å². The van der Waals surface area contributed by atoms with Gasteiger partial charge in [0.15, 0.2) is 5.96 Å². The summed E-state index contributed by atoms with van der Waals surface area (Å²) in [5, 5.41) is 4.70. The van der Waals surface area contributed by atoms with E-state index in [1.165, 1.54) is 16.5 Å². The van der Waals surface area contributed by atoms with Crippen molar-refractivity contribution in [1.29, 1.82) is 0 Å². The van der Waals surface area contributed by atoms with Crippen LogP contribution in [0.3, 0.4) is 0 Å². The van der Waals surface area contributed by atoms with Crippen molar-refractivity contribution < 1.29 is 4.79 Å². The van der Waals surface area contributed by atoms with E-state index >= 15 is 0 Å². The van der Waals surface area contributed by atoms with Crippen LogP contribution in [0.2, 0.25) is 0 Å². The van der Waals surface area contributed by atoms with Crippen LogP contribution in [-0.2, 0) is 11.2 Å². The zero-order valence-corrected chi connectivity index (χ0v) is 15.8. The summed E-state index contributed by atoms with van der Waals surface area (Å²) in [4.78, 5) is 23.8. The summed E-state index contributed by atoms with van der Waals surface area (Å²) in [5.74, 6) is 1.12. The summed E-state index contributed by atoms with van der Waals surface area (Å²) >= 11 is 0. The molecule has 2 heterocycles. The number of nitrogens with one attached hydrogen (secondary N) is 2. The number of H-pyrrole nitrogens is 1. The molecule has 1 fully saturated rings. The summed E-state index contributed by atoms with van der Waals surface area (Å²) in [7, 11) is 0. The lowest BCUT2D eigenvalue weighted by Gasteiger charge is -2.36. The van der Waals surface area contributed by atoms with Gasteiger partial charge < -0.3 is 20.1 Å². The molecule has 2 aromatic rings. The second-order valence-electron chi connectivity index (χ2n) is 6.69. The third kappa shape index (κ3) is 4.36. The number of carbonyl (C=O) groups excluding carboxylic acids is 1. The minimum Gasteiger partial charge on any atom is -0.361 e. The van der Waals surface area contributed by atoms with Crippen LogP contribution in [0.25, 0.3) is 10.9 Å². The van der Waals surface area contributed by atoms with Crippen LogP contribution in [0.15, 0.2) is 35.5 Å². The molecular weight excluding hydrogens is 326 g/mol. The van der Waals surface area contributed by atoms with Crippen LogP contribution in [-0.4, -0.2) is 65.9 Å². The Bertz CT molecular complexity index is 758. The van der Waals surface area contributed by atoms with E-state index in [1.807, 2.05) is 4.90 Å². The Labute approximate surface area is 155 Å². The molecule has 0 bridgehead atoms. The average Bonchev–Trinajstić information content (AvgIpc) is 3.07. The van der Waals surface area contributed by atoms with Crippen LogP contribution >= 0.6 is 0 Å². The molecule has 1 amide bonds. The number of aromatic nitrogens is 1. The number of aryl methyl sites for hydroxylation is 1. The number of para-hydroxylation sites is 1. The van der Waals surface area contributed by atoms with Gasteiger partial charge in [0.2, 0.25) is 5.91 Å². The van der Waals surface area contributed by atoms with Gasteiger partial charge in [0.1, 0.15) is 0 Å². The molecule has 0 atom stereocenters. The first-order chi connectivity index (χ1) is 12.7. The van der Waals surface area contributed by atoms with Gasteiger partial charge in [-0.15, -0.1) is 0 Å². The number of hydrogen-bond donors (Lipinski definition) is 2. The fraction of sp³-hybridized carbons (Fsp3) is 0.500. The monoisotopic (exact) mass is 355 g/mol. The summed E-state index contributed by atoms with van der Waals surface area (Å²) in [6.07, 6.45) is 4.15. The van der Waals surface area contributed by atoms with E-state index in [1.54, 1.807) is 6.92 Å². The molecule has 1 aromatic carbocycles. The molecule has 0 radical (unpaired) electrons. The Morgan fingerprint density at radius 3 is 2.65 bits per heavy atom. The van der Waals surface area contributed by atoms with Gasteiger partial charge in [-0.25, -0.2) is 0 Å². The van der Waals surface area contributed by atoms with E-state index in [0.29, 0.717) is 0 Å². The Balaban J connectivity index is 1.54. The molecule has 0 saturated carbocycles. The number of aliphatic imine (C=N–C) groups is 1. The van der Waals surface area contributed by atoms with Crippen molar-refractivity contribution in [3.05, 3.63) is 36.0 Å². The highest BCUT2D eigenvalue weighted by Crippen LogP contribution is 2.18. The molecule has 0 unspecified atom stereocenters. The van der Waals surface area contributed by atoms with Crippen LogP contribution < -0.4 is 5.32 Å². The van der Waals surface area contributed by atoms with E-state index in [-0.39, 0.29) is 5.91 Å². The zero-order valence-electron chi connectivity index (χ0n) is 15.8. The van der Waals surface area contributed by atoms with Gasteiger partial charge >= 0.3 is 0 Å². The first-order valence-electron chi connectivity index (χ1n) is 9.52. The van der Waals surface area contributed by atoms with Crippen molar-refractivity contribution in [3.8, 4) is 0 Å². The summed E-state index contributed by atoms with van der Waals surface area (Å²) in [6.45, 7) is 8.61. The molecule has 140 valence electrons. The number of guanidine groups is 1. The lowest BCUT2D eigenvalue weighted by Crippen LogP contribution is -2.53. The third-order valence-electron chi connectivity index (χ3n) is 4.90. The SMILES string of the molecule is CCNC(=NCCCc1c[nH]c2ccccc12)N1CCN(C(C)=O)CC1. The Hall–Kier alpha value is -2.50. The molecule has 0 spiro atoms. The van der Waals surface area contributed by atoms with E-state index in [9.17, 15) is 4.79 Å². The first-order valence-corrected chi connectivity index (χ1v) is 9.52. The minimum atomic E-state index is 0.158. The van der Waals surface area contributed by atoms with E-state index in [0.717, 1.165) is 58.1 Å². The molecule has 0 aliphatic carbocycles. The Kier molecular flexibility index (Phi) is 6.15. The average molecular weight is 355 g/mol. The standard InChI is InChI=1S/C20H29N5O/c1-3-21-20(25-13-11-24(12-14-25)16(2)26)22-10-6-7-17-15-23-19-9-5-4-8-18(17)19/h4-5,8-9,15,23H,3,6-7,10-14H2,1-2H3,(H,21,22). The maximum absolute atomic E-state index is 11.5. The van der Waals surface area contributed by atoms with Gasteiger partial charge in [-0.2, -0.15) is 0 Å². The molecule has 1 aliphatic heterocycles. The number of rotatable bonds is 5. The Morgan fingerprint density at radius 2 is 1.92 bits per heavy atom. The molecule has 2 N–H and O–H groups in total. The van der Waals surface area contributed by atoms with Gasteiger partial charge in [-0.3, -0.25) is 9.79 Å². The molecule has 6 nitrogen and oxygen atoms in total. The number of benzene rings is 1. The normalized spacial score (nSPS) is 15.5.